The van der Waals surface area contributed by atoms with Gasteiger partial charge in [-0.15, -0.1) is 11.8 Å². The highest BCUT2D eigenvalue weighted by Crippen LogP contribution is 2.45. The van der Waals surface area contributed by atoms with Crippen LogP contribution >= 0.6 is 11.8 Å². The van der Waals surface area contributed by atoms with Gasteiger partial charge in [0.05, 0.1) is 18.4 Å². The Balaban J connectivity index is 1.80. The molecule has 0 amide bonds. The molecule has 30 heavy (non-hydrogen) atoms. The fourth-order valence-corrected chi connectivity index (χ4v) is 4.78. The van der Waals surface area contributed by atoms with Crippen LogP contribution in [0.25, 0.3) is 0 Å². The molecule has 0 unspecified atom stereocenters. The molecule has 0 spiro atoms. The Labute approximate surface area is 180 Å². The minimum Gasteiger partial charge on any atom is -0.469 e. The molecule has 1 aromatic heterocycles. The lowest BCUT2D eigenvalue weighted by atomic mass is 9.72. The zero-order chi connectivity index (χ0) is 21.3. The van der Waals surface area contributed by atoms with Gasteiger partial charge in [0.15, 0.2) is 5.78 Å². The van der Waals surface area contributed by atoms with Gasteiger partial charge in [-0.2, -0.15) is 0 Å². The van der Waals surface area contributed by atoms with Crippen LogP contribution in [0.5, 0.6) is 0 Å². The predicted molar refractivity (Wildman–Crippen MR) is 116 cm³/mol. The number of carbonyl (C=O) groups is 2. The molecule has 4 rings (SSSR count). The van der Waals surface area contributed by atoms with Gasteiger partial charge >= 0.3 is 5.97 Å². The molecule has 2 aromatic rings. The maximum Gasteiger partial charge on any atom is 0.336 e. The van der Waals surface area contributed by atoms with E-state index in [9.17, 15) is 9.59 Å². The van der Waals surface area contributed by atoms with Crippen LogP contribution in [0.3, 0.4) is 0 Å². The van der Waals surface area contributed by atoms with E-state index in [0.29, 0.717) is 24.0 Å². The summed E-state index contributed by atoms with van der Waals surface area (Å²) in [4.78, 5) is 27.4. The first-order valence-electron chi connectivity index (χ1n) is 10.1. The van der Waals surface area contributed by atoms with E-state index in [1.165, 1.54) is 0 Å². The first kappa shape index (κ1) is 20.5. The summed E-state index contributed by atoms with van der Waals surface area (Å²) in [6.45, 7) is 3.95. The molecule has 0 bridgehead atoms. The fourth-order valence-electron chi connectivity index (χ4n) is 4.37. The van der Waals surface area contributed by atoms with E-state index in [1.807, 2.05) is 49.6 Å². The molecule has 0 radical (unpaired) electrons. The summed E-state index contributed by atoms with van der Waals surface area (Å²) < 4.78 is 10.9. The topological polar surface area (TPSA) is 68.5 Å². The number of dihydropyridines is 1. The molecule has 1 aromatic carbocycles. The Morgan fingerprint density at radius 1 is 1.23 bits per heavy atom. The Bertz CT molecular complexity index is 1020. The van der Waals surface area contributed by atoms with Crippen molar-refractivity contribution in [3.05, 3.63) is 76.5 Å². The SMILES string of the molecule is CCOC(=O)C1=C(C)NC2=C(C(=O)C[C@@H](c3ccco3)C2)[C@@H]1c1ccc(SC)cc1. The second-order valence-corrected chi connectivity index (χ2v) is 8.41. The minimum atomic E-state index is -0.429. The van der Waals surface area contributed by atoms with E-state index in [-0.39, 0.29) is 24.3 Å². The summed E-state index contributed by atoms with van der Waals surface area (Å²) in [7, 11) is 0. The van der Waals surface area contributed by atoms with Crippen LogP contribution in [-0.4, -0.2) is 24.6 Å². The number of Topliss-reactive ketones (excluding diaryl/α,β-unsaturated/α-hetero) is 1. The molecule has 2 atom stereocenters. The van der Waals surface area contributed by atoms with Crippen LogP contribution in [0.2, 0.25) is 0 Å². The van der Waals surface area contributed by atoms with Crippen LogP contribution in [-0.2, 0) is 14.3 Å². The van der Waals surface area contributed by atoms with Crippen LogP contribution in [0.1, 0.15) is 49.8 Å². The lowest BCUT2D eigenvalue weighted by molar-refractivity contribution is -0.138. The highest BCUT2D eigenvalue weighted by atomic mass is 32.2. The number of rotatable bonds is 5. The van der Waals surface area contributed by atoms with Crippen molar-refractivity contribution >= 4 is 23.5 Å². The first-order valence-corrected chi connectivity index (χ1v) is 11.3. The summed E-state index contributed by atoms with van der Waals surface area (Å²) in [5, 5.41) is 3.34. The molecule has 2 heterocycles. The van der Waals surface area contributed by atoms with Crippen molar-refractivity contribution in [2.45, 2.75) is 43.4 Å². The summed E-state index contributed by atoms with van der Waals surface area (Å²) in [6.07, 6.45) is 4.69. The van der Waals surface area contributed by atoms with Crippen molar-refractivity contribution in [1.82, 2.24) is 5.32 Å². The Hall–Kier alpha value is -2.73. The van der Waals surface area contributed by atoms with Crippen molar-refractivity contribution in [2.24, 2.45) is 0 Å². The van der Waals surface area contributed by atoms with Gasteiger partial charge in [0.1, 0.15) is 5.76 Å². The molecule has 1 aliphatic heterocycles. The Morgan fingerprint density at radius 3 is 2.63 bits per heavy atom. The molecule has 0 saturated heterocycles. The fraction of sp³-hybridized carbons (Fsp3) is 0.333. The van der Waals surface area contributed by atoms with E-state index in [0.717, 1.165) is 27.6 Å². The van der Waals surface area contributed by atoms with Gasteiger partial charge in [0.2, 0.25) is 0 Å². The van der Waals surface area contributed by atoms with Crippen molar-refractivity contribution in [1.29, 1.82) is 0 Å². The minimum absolute atomic E-state index is 0.00443. The molecule has 156 valence electrons. The van der Waals surface area contributed by atoms with Gasteiger partial charge in [-0.05, 0) is 56.4 Å². The summed E-state index contributed by atoms with van der Waals surface area (Å²) in [5.74, 6) is 0.0409. The monoisotopic (exact) mass is 423 g/mol. The number of thioether (sulfide) groups is 1. The highest BCUT2D eigenvalue weighted by molar-refractivity contribution is 7.98. The van der Waals surface area contributed by atoms with E-state index in [4.69, 9.17) is 9.15 Å². The van der Waals surface area contributed by atoms with Crippen LogP contribution in [0, 0.1) is 0 Å². The lowest BCUT2D eigenvalue weighted by Crippen LogP contribution is -2.36. The number of ketones is 1. The number of ether oxygens (including phenoxy) is 1. The zero-order valence-corrected chi connectivity index (χ0v) is 18.2. The molecule has 0 saturated carbocycles. The average molecular weight is 424 g/mol. The third kappa shape index (κ3) is 3.72. The number of carbonyl (C=O) groups excluding carboxylic acids is 2. The number of allylic oxidation sites excluding steroid dienone is 3. The summed E-state index contributed by atoms with van der Waals surface area (Å²) in [6, 6.07) is 11.8. The maximum atomic E-state index is 13.4. The van der Waals surface area contributed by atoms with Crippen molar-refractivity contribution in [2.75, 3.05) is 12.9 Å². The Morgan fingerprint density at radius 2 is 2.00 bits per heavy atom. The van der Waals surface area contributed by atoms with Gasteiger partial charge in [0.25, 0.3) is 0 Å². The second kappa shape index (κ2) is 8.56. The highest BCUT2D eigenvalue weighted by Gasteiger charge is 2.41. The number of hydrogen-bond donors (Lipinski definition) is 1. The maximum absolute atomic E-state index is 13.4. The first-order chi connectivity index (χ1) is 14.5. The predicted octanol–water partition coefficient (Wildman–Crippen LogP) is 4.93. The van der Waals surface area contributed by atoms with Crippen LogP contribution < -0.4 is 5.32 Å². The number of benzene rings is 1. The average Bonchev–Trinajstić information content (AvgIpc) is 3.28. The van der Waals surface area contributed by atoms with Crippen molar-refractivity contribution in [3.8, 4) is 0 Å². The number of hydrogen-bond acceptors (Lipinski definition) is 6. The summed E-state index contributed by atoms with van der Waals surface area (Å²) in [5.41, 5.74) is 3.71. The van der Waals surface area contributed by atoms with Gasteiger partial charge in [-0.3, -0.25) is 4.79 Å². The van der Waals surface area contributed by atoms with Crippen molar-refractivity contribution < 1.29 is 18.7 Å². The van der Waals surface area contributed by atoms with Crippen LogP contribution in [0.4, 0.5) is 0 Å². The van der Waals surface area contributed by atoms with E-state index in [1.54, 1.807) is 24.9 Å². The Kier molecular flexibility index (Phi) is 5.86. The number of furan rings is 1. The largest absolute Gasteiger partial charge is 0.469 e. The van der Waals surface area contributed by atoms with Crippen LogP contribution in [0.15, 0.2) is 74.5 Å². The van der Waals surface area contributed by atoms with E-state index in [2.05, 4.69) is 5.32 Å². The van der Waals surface area contributed by atoms with Gasteiger partial charge in [-0.1, -0.05) is 12.1 Å². The van der Waals surface area contributed by atoms with Gasteiger partial charge in [-0.25, -0.2) is 4.79 Å². The normalized spacial score (nSPS) is 21.4. The van der Waals surface area contributed by atoms with E-state index >= 15 is 0 Å². The summed E-state index contributed by atoms with van der Waals surface area (Å²) >= 11 is 1.66. The molecule has 6 heteroatoms. The standard InChI is InChI=1S/C24H25NO4S/c1-4-28-24(27)21-14(2)25-18-12-16(20-6-5-11-29-20)13-19(26)23(18)22(21)15-7-9-17(30-3)10-8-15/h5-11,16,22,25H,4,12-13H2,1-3H3/t16-,22+/m0/s1. The third-order valence-electron chi connectivity index (χ3n) is 5.72. The smallest absolute Gasteiger partial charge is 0.336 e. The third-order valence-corrected chi connectivity index (χ3v) is 6.46. The molecule has 2 aliphatic rings. The quantitative estimate of drug-likeness (QED) is 0.543. The second-order valence-electron chi connectivity index (χ2n) is 7.53. The van der Waals surface area contributed by atoms with E-state index < -0.39 is 5.92 Å². The lowest BCUT2D eigenvalue weighted by Gasteiger charge is -2.36. The van der Waals surface area contributed by atoms with Gasteiger partial charge < -0.3 is 14.5 Å². The van der Waals surface area contributed by atoms with Crippen molar-refractivity contribution in [3.63, 3.8) is 0 Å². The van der Waals surface area contributed by atoms with Gasteiger partial charge in [0, 0.05) is 40.1 Å². The molecular formula is C24H25NO4S. The zero-order valence-electron chi connectivity index (χ0n) is 17.4. The molecule has 5 nitrogen and oxygen atoms in total. The molecular weight excluding hydrogens is 398 g/mol. The number of nitrogens with one attached hydrogen (secondary N) is 1. The molecule has 1 N–H and O–H groups in total. The number of esters is 1. The molecule has 0 fully saturated rings. The molecule has 1 aliphatic carbocycles.